The lowest BCUT2D eigenvalue weighted by Gasteiger charge is -2.17. The van der Waals surface area contributed by atoms with Crippen molar-refractivity contribution in [2.75, 3.05) is 0 Å². The Labute approximate surface area is 151 Å². The summed E-state index contributed by atoms with van der Waals surface area (Å²) >= 11 is 5.87. The Morgan fingerprint density at radius 3 is 2.44 bits per heavy atom. The largest absolute Gasteiger partial charge is 0.481 e. The summed E-state index contributed by atoms with van der Waals surface area (Å²) < 4.78 is 1.80. The SMILES string of the molecule is Cc1nn(C)c(C)c1CCC(=O)N[C@@H](CC(=O)O)c1ccc(Cl)cc1. The number of benzene rings is 1. The van der Waals surface area contributed by atoms with Crippen molar-refractivity contribution < 1.29 is 14.7 Å². The first-order valence-corrected chi connectivity index (χ1v) is 8.41. The van der Waals surface area contributed by atoms with E-state index >= 15 is 0 Å². The van der Waals surface area contributed by atoms with E-state index in [1.165, 1.54) is 0 Å². The number of carbonyl (C=O) groups excluding carboxylic acids is 1. The van der Waals surface area contributed by atoms with Gasteiger partial charge in [-0.05, 0) is 43.5 Å². The van der Waals surface area contributed by atoms with Crippen molar-refractivity contribution in [3.05, 3.63) is 51.8 Å². The zero-order valence-corrected chi connectivity index (χ0v) is 15.3. The van der Waals surface area contributed by atoms with E-state index in [4.69, 9.17) is 16.7 Å². The van der Waals surface area contributed by atoms with Crippen LogP contribution in [-0.4, -0.2) is 26.8 Å². The first kappa shape index (κ1) is 19.0. The Morgan fingerprint density at radius 2 is 1.92 bits per heavy atom. The summed E-state index contributed by atoms with van der Waals surface area (Å²) in [6.45, 7) is 3.88. The lowest BCUT2D eigenvalue weighted by Crippen LogP contribution is -2.30. The molecule has 0 saturated carbocycles. The minimum atomic E-state index is -0.973. The number of rotatable bonds is 7. The monoisotopic (exact) mass is 363 g/mol. The first-order valence-electron chi connectivity index (χ1n) is 8.03. The second kappa shape index (κ2) is 8.16. The number of halogens is 1. The van der Waals surface area contributed by atoms with Crippen LogP contribution in [0, 0.1) is 13.8 Å². The summed E-state index contributed by atoms with van der Waals surface area (Å²) in [5.74, 6) is -1.16. The fraction of sp³-hybridized carbons (Fsp3) is 0.389. The molecule has 2 N–H and O–H groups in total. The van der Waals surface area contributed by atoms with E-state index in [1.54, 1.807) is 28.9 Å². The van der Waals surface area contributed by atoms with Gasteiger partial charge in [-0.1, -0.05) is 23.7 Å². The number of hydrogen-bond donors (Lipinski definition) is 2. The van der Waals surface area contributed by atoms with Gasteiger partial charge in [0, 0.05) is 24.2 Å². The number of nitrogens with one attached hydrogen (secondary N) is 1. The Kier molecular flexibility index (Phi) is 6.20. The van der Waals surface area contributed by atoms with Crippen LogP contribution in [0.4, 0.5) is 0 Å². The maximum atomic E-state index is 12.3. The van der Waals surface area contributed by atoms with Crippen LogP contribution in [0.15, 0.2) is 24.3 Å². The molecule has 7 heteroatoms. The fourth-order valence-corrected chi connectivity index (χ4v) is 2.93. The lowest BCUT2D eigenvalue weighted by atomic mass is 10.0. The van der Waals surface area contributed by atoms with Gasteiger partial charge < -0.3 is 10.4 Å². The quantitative estimate of drug-likeness (QED) is 0.792. The first-order chi connectivity index (χ1) is 11.8. The van der Waals surface area contributed by atoms with Gasteiger partial charge in [-0.3, -0.25) is 14.3 Å². The molecule has 0 aliphatic heterocycles. The number of carboxylic acid groups (broad SMARTS) is 1. The number of aromatic nitrogens is 2. The van der Waals surface area contributed by atoms with Crippen molar-refractivity contribution in [1.29, 1.82) is 0 Å². The molecule has 0 aliphatic carbocycles. The van der Waals surface area contributed by atoms with Crippen LogP contribution in [0.3, 0.4) is 0 Å². The molecule has 0 aliphatic rings. The van der Waals surface area contributed by atoms with E-state index < -0.39 is 12.0 Å². The highest BCUT2D eigenvalue weighted by molar-refractivity contribution is 6.30. The van der Waals surface area contributed by atoms with Crippen LogP contribution < -0.4 is 5.32 Å². The molecule has 0 spiro atoms. The van der Waals surface area contributed by atoms with Crippen LogP contribution >= 0.6 is 11.6 Å². The van der Waals surface area contributed by atoms with E-state index in [-0.39, 0.29) is 18.7 Å². The second-order valence-corrected chi connectivity index (χ2v) is 6.48. The predicted molar refractivity (Wildman–Crippen MR) is 95.6 cm³/mol. The Hall–Kier alpha value is -2.34. The van der Waals surface area contributed by atoms with Gasteiger partial charge in [-0.2, -0.15) is 5.10 Å². The molecule has 0 unspecified atom stereocenters. The summed E-state index contributed by atoms with van der Waals surface area (Å²) in [6, 6.07) is 6.23. The van der Waals surface area contributed by atoms with Gasteiger partial charge in [0.15, 0.2) is 0 Å². The molecule has 1 aromatic carbocycles. The Bertz CT molecular complexity index is 769. The third-order valence-electron chi connectivity index (χ3n) is 4.25. The van der Waals surface area contributed by atoms with Crippen molar-refractivity contribution in [3.63, 3.8) is 0 Å². The zero-order valence-electron chi connectivity index (χ0n) is 14.5. The van der Waals surface area contributed by atoms with Gasteiger partial charge in [-0.15, -0.1) is 0 Å². The van der Waals surface area contributed by atoms with Crippen LogP contribution in [0.1, 0.15) is 41.4 Å². The molecule has 0 bridgehead atoms. The number of hydrogen-bond acceptors (Lipinski definition) is 3. The van der Waals surface area contributed by atoms with Gasteiger partial charge in [0.25, 0.3) is 0 Å². The third-order valence-corrected chi connectivity index (χ3v) is 4.50. The van der Waals surface area contributed by atoms with Crippen molar-refractivity contribution in [2.24, 2.45) is 7.05 Å². The maximum absolute atomic E-state index is 12.3. The van der Waals surface area contributed by atoms with Gasteiger partial charge in [0.1, 0.15) is 0 Å². The molecule has 0 fully saturated rings. The summed E-state index contributed by atoms with van der Waals surface area (Å²) in [5, 5.41) is 16.8. The van der Waals surface area contributed by atoms with Crippen LogP contribution in [0.5, 0.6) is 0 Å². The van der Waals surface area contributed by atoms with Crippen LogP contribution in [-0.2, 0) is 23.1 Å². The summed E-state index contributed by atoms with van der Waals surface area (Å²) in [6.07, 6.45) is 0.660. The molecule has 1 aromatic heterocycles. The molecule has 0 radical (unpaired) electrons. The molecule has 25 heavy (non-hydrogen) atoms. The van der Waals surface area contributed by atoms with Gasteiger partial charge in [0.2, 0.25) is 5.91 Å². The maximum Gasteiger partial charge on any atom is 0.305 e. The van der Waals surface area contributed by atoms with Crippen LogP contribution in [0.25, 0.3) is 0 Å². The highest BCUT2D eigenvalue weighted by Gasteiger charge is 2.19. The Balaban J connectivity index is 2.04. The number of amides is 1. The van der Waals surface area contributed by atoms with Gasteiger partial charge in [0.05, 0.1) is 18.2 Å². The number of aryl methyl sites for hydroxylation is 2. The molecule has 0 saturated heterocycles. The number of aliphatic carboxylic acids is 1. The van der Waals surface area contributed by atoms with E-state index in [0.717, 1.165) is 17.0 Å². The predicted octanol–water partition coefficient (Wildman–Crippen LogP) is 2.96. The van der Waals surface area contributed by atoms with Gasteiger partial charge in [-0.25, -0.2) is 0 Å². The van der Waals surface area contributed by atoms with Crippen molar-refractivity contribution >= 4 is 23.5 Å². The molecular weight excluding hydrogens is 342 g/mol. The second-order valence-electron chi connectivity index (χ2n) is 6.04. The normalized spacial score (nSPS) is 12.0. The summed E-state index contributed by atoms with van der Waals surface area (Å²) in [5.41, 5.74) is 3.71. The Morgan fingerprint density at radius 1 is 1.28 bits per heavy atom. The highest BCUT2D eigenvalue weighted by Crippen LogP contribution is 2.20. The molecule has 1 amide bonds. The third kappa shape index (κ3) is 5.06. The molecule has 6 nitrogen and oxygen atoms in total. The van der Waals surface area contributed by atoms with E-state index in [0.29, 0.717) is 17.0 Å². The van der Waals surface area contributed by atoms with Crippen molar-refractivity contribution in [3.8, 4) is 0 Å². The molecule has 2 aromatic rings. The average molecular weight is 364 g/mol. The van der Waals surface area contributed by atoms with Crippen molar-refractivity contribution in [2.45, 2.75) is 39.2 Å². The highest BCUT2D eigenvalue weighted by atomic mass is 35.5. The standard InChI is InChI=1S/C18H22ClN3O3/c1-11-15(12(2)22(3)21-11)8-9-17(23)20-16(10-18(24)25)13-4-6-14(19)7-5-13/h4-7,16H,8-10H2,1-3H3,(H,20,23)(H,24,25)/t16-/m0/s1. The molecule has 134 valence electrons. The number of carbonyl (C=O) groups is 2. The van der Waals surface area contributed by atoms with E-state index in [2.05, 4.69) is 10.4 Å². The minimum absolute atomic E-state index is 0.182. The van der Waals surface area contributed by atoms with Gasteiger partial charge >= 0.3 is 5.97 Å². The topological polar surface area (TPSA) is 84.2 Å². The summed E-state index contributed by atoms with van der Waals surface area (Å²) in [4.78, 5) is 23.4. The lowest BCUT2D eigenvalue weighted by molar-refractivity contribution is -0.137. The van der Waals surface area contributed by atoms with Crippen molar-refractivity contribution in [1.82, 2.24) is 15.1 Å². The van der Waals surface area contributed by atoms with Crippen LogP contribution in [0.2, 0.25) is 5.02 Å². The molecular formula is C18H22ClN3O3. The molecule has 2 rings (SSSR count). The molecule has 1 atom stereocenters. The van der Waals surface area contributed by atoms with E-state index in [1.807, 2.05) is 20.9 Å². The summed E-state index contributed by atoms with van der Waals surface area (Å²) in [7, 11) is 1.87. The number of carboxylic acids is 1. The smallest absolute Gasteiger partial charge is 0.305 e. The molecule has 1 heterocycles. The van der Waals surface area contributed by atoms with E-state index in [9.17, 15) is 9.59 Å². The average Bonchev–Trinajstić information content (AvgIpc) is 2.78. The minimum Gasteiger partial charge on any atom is -0.481 e. The fourth-order valence-electron chi connectivity index (χ4n) is 2.81. The zero-order chi connectivity index (χ0) is 18.6. The number of nitrogens with zero attached hydrogens (tertiary/aromatic N) is 2.